The number of fused-ring (bicyclic) bond motifs is 1. The number of aromatic nitrogens is 4. The molecule has 0 bridgehead atoms. The first-order chi connectivity index (χ1) is 20.6. The molecule has 1 saturated heterocycles. The van der Waals surface area contributed by atoms with Crippen LogP contribution in [0.25, 0.3) is 11.2 Å². The summed E-state index contributed by atoms with van der Waals surface area (Å²) in [4.78, 5) is 40.1. The van der Waals surface area contributed by atoms with Crippen LogP contribution in [0, 0.1) is 0 Å². The summed E-state index contributed by atoms with van der Waals surface area (Å²) in [5.41, 5.74) is 5.45. The molecule has 0 radical (unpaired) electrons. The van der Waals surface area contributed by atoms with Gasteiger partial charge in [-0.15, -0.1) is 5.10 Å². The monoisotopic (exact) mass is 566 g/mol. The van der Waals surface area contributed by atoms with E-state index in [1.807, 2.05) is 72.6 Å². The Labute approximate surface area is 244 Å². The topological polar surface area (TPSA) is 108 Å². The third-order valence-electron chi connectivity index (χ3n) is 7.64. The van der Waals surface area contributed by atoms with Gasteiger partial charge in [0.05, 0.1) is 6.61 Å². The Morgan fingerprint density at radius 2 is 1.79 bits per heavy atom. The van der Waals surface area contributed by atoms with Crippen molar-refractivity contribution < 1.29 is 14.3 Å². The van der Waals surface area contributed by atoms with Crippen LogP contribution in [-0.4, -0.2) is 87.3 Å². The van der Waals surface area contributed by atoms with Gasteiger partial charge in [-0.3, -0.25) is 9.78 Å². The molecule has 42 heavy (non-hydrogen) atoms. The average molecular weight is 567 g/mol. The van der Waals surface area contributed by atoms with Crippen molar-refractivity contribution >= 4 is 40.5 Å². The van der Waals surface area contributed by atoms with E-state index in [1.165, 1.54) is 0 Å². The second-order valence-electron chi connectivity index (χ2n) is 10.3. The Bertz CT molecular complexity index is 1590. The van der Waals surface area contributed by atoms with E-state index in [1.54, 1.807) is 21.8 Å². The standard InChI is InChI=1S/C31H34N8O3/c1-2-42-31(41)38-19-12-23(13-20-38)27-5-3-18-39-28(27)34-30(35-39)33-25-8-6-24(7-9-25)29(40)37-17-4-16-36(21-22-37)26-10-14-32-15-11-26/h3,5-12,14-15,18H,2,4,13,16-17,19-22H2,1H3,(H,33,35). The van der Waals surface area contributed by atoms with E-state index in [9.17, 15) is 9.59 Å². The number of amides is 2. The lowest BCUT2D eigenvalue weighted by Gasteiger charge is -2.25. The number of benzene rings is 1. The van der Waals surface area contributed by atoms with Crippen molar-refractivity contribution in [3.05, 3.63) is 84.3 Å². The van der Waals surface area contributed by atoms with Gasteiger partial charge in [0.2, 0.25) is 5.95 Å². The van der Waals surface area contributed by atoms with Gasteiger partial charge in [-0.05, 0) is 73.9 Å². The summed E-state index contributed by atoms with van der Waals surface area (Å²) in [5.74, 6) is 0.505. The van der Waals surface area contributed by atoms with Crippen LogP contribution < -0.4 is 10.2 Å². The first kappa shape index (κ1) is 27.3. The fourth-order valence-corrected chi connectivity index (χ4v) is 5.45. The van der Waals surface area contributed by atoms with Crippen molar-refractivity contribution in [1.82, 2.24) is 29.4 Å². The quantitative estimate of drug-likeness (QED) is 0.364. The van der Waals surface area contributed by atoms with E-state index in [0.717, 1.165) is 54.2 Å². The second-order valence-corrected chi connectivity index (χ2v) is 10.3. The third-order valence-corrected chi connectivity index (χ3v) is 7.64. The number of carbonyl (C=O) groups is 2. The van der Waals surface area contributed by atoms with E-state index in [4.69, 9.17) is 9.72 Å². The summed E-state index contributed by atoms with van der Waals surface area (Å²) in [5, 5.41) is 7.87. The molecular formula is C31H34N8O3. The van der Waals surface area contributed by atoms with Gasteiger partial charge in [-0.1, -0.05) is 6.08 Å². The highest BCUT2D eigenvalue weighted by Gasteiger charge is 2.22. The van der Waals surface area contributed by atoms with Gasteiger partial charge in [0, 0.05) is 80.4 Å². The number of anilines is 3. The first-order valence-corrected chi connectivity index (χ1v) is 14.4. The first-order valence-electron chi connectivity index (χ1n) is 14.4. The lowest BCUT2D eigenvalue weighted by Crippen LogP contribution is -2.35. The molecule has 6 rings (SSSR count). The molecule has 216 valence electrons. The summed E-state index contributed by atoms with van der Waals surface area (Å²) in [6.07, 6.45) is 8.86. The molecular weight excluding hydrogens is 532 g/mol. The predicted molar refractivity (Wildman–Crippen MR) is 161 cm³/mol. The average Bonchev–Trinajstić information content (AvgIpc) is 3.28. The fraction of sp³-hybridized carbons (Fsp3) is 0.323. The van der Waals surface area contributed by atoms with Crippen molar-refractivity contribution in [2.75, 3.05) is 56.1 Å². The summed E-state index contributed by atoms with van der Waals surface area (Å²) in [6.45, 7) is 6.37. The number of nitrogens with one attached hydrogen (secondary N) is 1. The molecule has 11 nitrogen and oxygen atoms in total. The minimum absolute atomic E-state index is 0.0379. The Kier molecular flexibility index (Phi) is 7.98. The fourth-order valence-electron chi connectivity index (χ4n) is 5.45. The number of hydrogen-bond acceptors (Lipinski definition) is 8. The lowest BCUT2D eigenvalue weighted by atomic mass is 10.0. The van der Waals surface area contributed by atoms with Gasteiger partial charge in [0.1, 0.15) is 0 Å². The Morgan fingerprint density at radius 1 is 0.952 bits per heavy atom. The van der Waals surface area contributed by atoms with E-state index in [2.05, 4.69) is 20.3 Å². The summed E-state index contributed by atoms with van der Waals surface area (Å²) in [7, 11) is 0. The van der Waals surface area contributed by atoms with Crippen molar-refractivity contribution in [1.29, 1.82) is 0 Å². The molecule has 5 heterocycles. The maximum absolute atomic E-state index is 13.3. The van der Waals surface area contributed by atoms with E-state index < -0.39 is 0 Å². The van der Waals surface area contributed by atoms with Crippen LogP contribution >= 0.6 is 0 Å². The minimum atomic E-state index is -0.285. The molecule has 0 aliphatic carbocycles. The smallest absolute Gasteiger partial charge is 0.410 e. The lowest BCUT2D eigenvalue weighted by molar-refractivity contribution is 0.0767. The Balaban J connectivity index is 1.10. The van der Waals surface area contributed by atoms with Crippen molar-refractivity contribution in [3.63, 3.8) is 0 Å². The zero-order chi connectivity index (χ0) is 28.9. The molecule has 0 spiro atoms. The molecule has 2 aliphatic rings. The van der Waals surface area contributed by atoms with Crippen LogP contribution in [0.5, 0.6) is 0 Å². The number of ether oxygens (including phenoxy) is 1. The molecule has 11 heteroatoms. The van der Waals surface area contributed by atoms with Crippen LogP contribution in [0.2, 0.25) is 0 Å². The number of carbonyl (C=O) groups excluding carboxylic acids is 2. The molecule has 0 atom stereocenters. The molecule has 3 aromatic heterocycles. The zero-order valence-electron chi connectivity index (χ0n) is 23.6. The maximum Gasteiger partial charge on any atom is 0.410 e. The molecule has 1 aromatic carbocycles. The largest absolute Gasteiger partial charge is 0.450 e. The van der Waals surface area contributed by atoms with Gasteiger partial charge in [-0.25, -0.2) is 9.31 Å². The van der Waals surface area contributed by atoms with Crippen LogP contribution in [0.4, 0.5) is 22.1 Å². The number of nitrogens with zero attached hydrogens (tertiary/aromatic N) is 7. The minimum Gasteiger partial charge on any atom is -0.450 e. The second kappa shape index (κ2) is 12.3. The van der Waals surface area contributed by atoms with E-state index >= 15 is 0 Å². The third kappa shape index (κ3) is 5.90. The highest BCUT2D eigenvalue weighted by atomic mass is 16.6. The van der Waals surface area contributed by atoms with E-state index in [0.29, 0.717) is 44.2 Å². The molecule has 2 amide bonds. The van der Waals surface area contributed by atoms with Gasteiger partial charge in [0.15, 0.2) is 5.65 Å². The van der Waals surface area contributed by atoms with Crippen molar-refractivity contribution in [2.24, 2.45) is 0 Å². The summed E-state index contributed by atoms with van der Waals surface area (Å²) in [6, 6.07) is 15.5. The molecule has 0 unspecified atom stereocenters. The number of rotatable bonds is 6. The normalized spacial score (nSPS) is 15.7. The molecule has 4 aromatic rings. The van der Waals surface area contributed by atoms with Gasteiger partial charge in [0.25, 0.3) is 5.91 Å². The molecule has 2 aliphatic heterocycles. The molecule has 1 fully saturated rings. The zero-order valence-corrected chi connectivity index (χ0v) is 23.6. The Hall–Kier alpha value is -4.93. The van der Waals surface area contributed by atoms with E-state index in [-0.39, 0.29) is 12.0 Å². The van der Waals surface area contributed by atoms with Crippen LogP contribution in [0.1, 0.15) is 35.7 Å². The van der Waals surface area contributed by atoms with Crippen LogP contribution in [0.15, 0.2) is 73.2 Å². The van der Waals surface area contributed by atoms with Crippen LogP contribution in [-0.2, 0) is 4.74 Å². The number of pyridine rings is 2. The predicted octanol–water partition coefficient (Wildman–Crippen LogP) is 4.47. The highest BCUT2D eigenvalue weighted by molar-refractivity contribution is 5.94. The van der Waals surface area contributed by atoms with Gasteiger partial charge >= 0.3 is 6.09 Å². The summed E-state index contributed by atoms with van der Waals surface area (Å²) >= 11 is 0. The Morgan fingerprint density at radius 3 is 2.55 bits per heavy atom. The SMILES string of the molecule is CCOC(=O)N1CC=C(c2cccn3nc(Nc4ccc(C(=O)N5CCCN(c6ccncc6)CC5)cc4)nc23)CC1. The molecule has 1 N–H and O–H groups in total. The van der Waals surface area contributed by atoms with Gasteiger partial charge < -0.3 is 24.8 Å². The summed E-state index contributed by atoms with van der Waals surface area (Å²) < 4.78 is 6.88. The van der Waals surface area contributed by atoms with Gasteiger partial charge in [-0.2, -0.15) is 4.98 Å². The molecule has 0 saturated carbocycles. The number of hydrogen-bond donors (Lipinski definition) is 1. The van der Waals surface area contributed by atoms with Crippen molar-refractivity contribution in [2.45, 2.75) is 19.8 Å². The maximum atomic E-state index is 13.3. The highest BCUT2D eigenvalue weighted by Crippen LogP contribution is 2.27. The van der Waals surface area contributed by atoms with Crippen LogP contribution in [0.3, 0.4) is 0 Å². The van der Waals surface area contributed by atoms with Crippen molar-refractivity contribution in [3.8, 4) is 0 Å².